The Morgan fingerprint density at radius 3 is 1.94 bits per heavy atom. The minimum absolute atomic E-state index is 0.0106. The van der Waals surface area contributed by atoms with E-state index >= 15 is 0 Å². The molecule has 1 unspecified atom stereocenters. The summed E-state index contributed by atoms with van der Waals surface area (Å²) < 4.78 is 35.8. The normalized spacial score (nSPS) is 16.5. The Kier molecular flexibility index (Phi) is 6.38. The minimum Gasteiger partial charge on any atom is -0.390 e. The predicted octanol–water partition coefficient (Wildman–Crippen LogP) is 4.30. The zero-order chi connectivity index (χ0) is 12.8. The number of alkyl halides is 3. The molecule has 0 aliphatic heterocycles. The molecule has 1 atom stereocenters. The van der Waals surface area contributed by atoms with Crippen LogP contribution in [0.2, 0.25) is 0 Å². The van der Waals surface area contributed by atoms with E-state index in [1.807, 2.05) is 13.8 Å². The molecular formula is C12H23F3O. The monoisotopic (exact) mass is 240 g/mol. The summed E-state index contributed by atoms with van der Waals surface area (Å²) in [5.74, 6) is 0.404. The number of halogens is 3. The van der Waals surface area contributed by atoms with Crippen LogP contribution < -0.4 is 0 Å². The summed E-state index contributed by atoms with van der Waals surface area (Å²) in [6.45, 7) is 5.72. The maximum atomic E-state index is 11.9. The van der Waals surface area contributed by atoms with Gasteiger partial charge in [0.05, 0.1) is 5.60 Å². The fourth-order valence-electron chi connectivity index (χ4n) is 1.97. The lowest BCUT2D eigenvalue weighted by Crippen LogP contribution is -2.28. The molecule has 0 aromatic heterocycles. The van der Waals surface area contributed by atoms with E-state index in [-0.39, 0.29) is 12.8 Å². The van der Waals surface area contributed by atoms with Crippen molar-refractivity contribution < 1.29 is 18.3 Å². The SMILES string of the molecule is CCC(CC)CC(C)(O)CCCC(F)(F)F. The average molecular weight is 240 g/mol. The fraction of sp³-hybridized carbons (Fsp3) is 1.00. The molecule has 0 fully saturated rings. The largest absolute Gasteiger partial charge is 0.390 e. The maximum Gasteiger partial charge on any atom is 0.389 e. The third kappa shape index (κ3) is 7.97. The van der Waals surface area contributed by atoms with Crippen molar-refractivity contribution in [1.29, 1.82) is 0 Å². The molecule has 0 bridgehead atoms. The van der Waals surface area contributed by atoms with Gasteiger partial charge in [-0.25, -0.2) is 0 Å². The van der Waals surface area contributed by atoms with Crippen LogP contribution in [0, 0.1) is 5.92 Å². The Balaban J connectivity index is 3.95. The Bertz CT molecular complexity index is 183. The third-order valence-corrected chi connectivity index (χ3v) is 3.06. The first-order chi connectivity index (χ1) is 7.20. The van der Waals surface area contributed by atoms with Crippen LogP contribution in [0.1, 0.15) is 59.3 Å². The second kappa shape index (κ2) is 6.48. The van der Waals surface area contributed by atoms with Crippen LogP contribution in [0.5, 0.6) is 0 Å². The number of aliphatic hydroxyl groups is 1. The van der Waals surface area contributed by atoms with E-state index in [2.05, 4.69) is 0 Å². The van der Waals surface area contributed by atoms with Gasteiger partial charge in [-0.2, -0.15) is 13.2 Å². The molecule has 0 rings (SSSR count). The number of hydrogen-bond donors (Lipinski definition) is 1. The molecule has 1 N–H and O–H groups in total. The molecule has 98 valence electrons. The molecule has 0 saturated carbocycles. The average Bonchev–Trinajstić information content (AvgIpc) is 2.11. The predicted molar refractivity (Wildman–Crippen MR) is 59.2 cm³/mol. The number of rotatable bonds is 7. The summed E-state index contributed by atoms with van der Waals surface area (Å²) in [6, 6.07) is 0. The first-order valence-electron chi connectivity index (χ1n) is 5.99. The Hall–Kier alpha value is -0.250. The van der Waals surface area contributed by atoms with Crippen molar-refractivity contribution in [2.24, 2.45) is 5.92 Å². The van der Waals surface area contributed by atoms with Crippen molar-refractivity contribution >= 4 is 0 Å². The van der Waals surface area contributed by atoms with Gasteiger partial charge in [-0.05, 0) is 32.1 Å². The van der Waals surface area contributed by atoms with Crippen LogP contribution in [0.4, 0.5) is 13.2 Å². The summed E-state index contributed by atoms with van der Waals surface area (Å²) in [4.78, 5) is 0. The maximum absolute atomic E-state index is 11.9. The van der Waals surface area contributed by atoms with Crippen molar-refractivity contribution in [3.05, 3.63) is 0 Å². The summed E-state index contributed by atoms with van der Waals surface area (Å²) in [5, 5.41) is 9.98. The van der Waals surface area contributed by atoms with Crippen LogP contribution >= 0.6 is 0 Å². The van der Waals surface area contributed by atoms with E-state index in [1.54, 1.807) is 6.92 Å². The van der Waals surface area contributed by atoms with Gasteiger partial charge in [-0.15, -0.1) is 0 Å². The molecule has 0 amide bonds. The van der Waals surface area contributed by atoms with E-state index in [9.17, 15) is 18.3 Å². The molecular weight excluding hydrogens is 217 g/mol. The molecule has 0 heterocycles. The highest BCUT2D eigenvalue weighted by Gasteiger charge is 2.29. The van der Waals surface area contributed by atoms with Gasteiger partial charge in [0.15, 0.2) is 0 Å². The third-order valence-electron chi connectivity index (χ3n) is 3.06. The molecule has 1 nitrogen and oxygen atoms in total. The minimum atomic E-state index is -4.11. The van der Waals surface area contributed by atoms with Gasteiger partial charge in [0.25, 0.3) is 0 Å². The lowest BCUT2D eigenvalue weighted by atomic mass is 9.85. The molecule has 0 aliphatic rings. The lowest BCUT2D eigenvalue weighted by molar-refractivity contribution is -0.138. The Morgan fingerprint density at radius 1 is 1.06 bits per heavy atom. The Morgan fingerprint density at radius 2 is 1.56 bits per heavy atom. The van der Waals surface area contributed by atoms with Gasteiger partial charge < -0.3 is 5.11 Å². The van der Waals surface area contributed by atoms with Crippen molar-refractivity contribution in [2.45, 2.75) is 71.1 Å². The quantitative estimate of drug-likeness (QED) is 0.703. The van der Waals surface area contributed by atoms with Crippen molar-refractivity contribution in [3.8, 4) is 0 Å². The van der Waals surface area contributed by atoms with E-state index in [4.69, 9.17) is 0 Å². The summed E-state index contributed by atoms with van der Waals surface area (Å²) in [6.07, 6.45) is -2.15. The molecule has 0 aromatic rings. The van der Waals surface area contributed by atoms with Crippen LogP contribution in [-0.2, 0) is 0 Å². The zero-order valence-corrected chi connectivity index (χ0v) is 10.4. The van der Waals surface area contributed by atoms with Gasteiger partial charge in [0.2, 0.25) is 0 Å². The molecule has 0 spiro atoms. The van der Waals surface area contributed by atoms with Crippen molar-refractivity contribution in [1.82, 2.24) is 0 Å². The van der Waals surface area contributed by atoms with Crippen molar-refractivity contribution in [2.75, 3.05) is 0 Å². The smallest absolute Gasteiger partial charge is 0.389 e. The summed E-state index contributed by atoms with van der Waals surface area (Å²) >= 11 is 0. The number of hydrogen-bond acceptors (Lipinski definition) is 1. The van der Waals surface area contributed by atoms with Crippen LogP contribution in [0.3, 0.4) is 0 Å². The van der Waals surface area contributed by atoms with Gasteiger partial charge in [-0.1, -0.05) is 26.7 Å². The second-order valence-corrected chi connectivity index (χ2v) is 4.85. The van der Waals surface area contributed by atoms with E-state index in [0.717, 1.165) is 12.8 Å². The molecule has 0 radical (unpaired) electrons. The first kappa shape index (κ1) is 15.8. The zero-order valence-electron chi connectivity index (χ0n) is 10.4. The molecule has 0 aromatic carbocycles. The lowest BCUT2D eigenvalue weighted by Gasteiger charge is -2.27. The van der Waals surface area contributed by atoms with Crippen LogP contribution in [0.15, 0.2) is 0 Å². The molecule has 4 heteroatoms. The van der Waals surface area contributed by atoms with Crippen LogP contribution in [-0.4, -0.2) is 16.9 Å². The van der Waals surface area contributed by atoms with Gasteiger partial charge in [0, 0.05) is 6.42 Å². The van der Waals surface area contributed by atoms with Crippen LogP contribution in [0.25, 0.3) is 0 Å². The standard InChI is InChI=1S/C12H23F3O/c1-4-10(5-2)9-11(3,16)7-6-8-12(13,14)15/h10,16H,4-9H2,1-3H3. The fourth-order valence-corrected chi connectivity index (χ4v) is 1.97. The summed E-state index contributed by atoms with van der Waals surface area (Å²) in [7, 11) is 0. The van der Waals surface area contributed by atoms with Gasteiger partial charge in [0.1, 0.15) is 0 Å². The van der Waals surface area contributed by atoms with Crippen molar-refractivity contribution in [3.63, 3.8) is 0 Å². The van der Waals surface area contributed by atoms with E-state index in [1.165, 1.54) is 0 Å². The molecule has 16 heavy (non-hydrogen) atoms. The van der Waals surface area contributed by atoms with E-state index in [0.29, 0.717) is 12.3 Å². The highest BCUT2D eigenvalue weighted by molar-refractivity contribution is 4.76. The van der Waals surface area contributed by atoms with Gasteiger partial charge >= 0.3 is 6.18 Å². The second-order valence-electron chi connectivity index (χ2n) is 4.85. The topological polar surface area (TPSA) is 20.2 Å². The molecule has 0 saturated heterocycles. The highest BCUT2D eigenvalue weighted by Crippen LogP contribution is 2.29. The summed E-state index contributed by atoms with van der Waals surface area (Å²) in [5.41, 5.74) is -0.956. The first-order valence-corrected chi connectivity index (χ1v) is 5.99. The molecule has 0 aliphatic carbocycles. The Labute approximate surface area is 96.0 Å². The van der Waals surface area contributed by atoms with E-state index < -0.39 is 18.2 Å². The van der Waals surface area contributed by atoms with Gasteiger partial charge in [-0.3, -0.25) is 0 Å². The highest BCUT2D eigenvalue weighted by atomic mass is 19.4.